The second kappa shape index (κ2) is 9.91. The Hall–Kier alpha value is -0.640. The number of ether oxygens (including phenoxy) is 1. The number of fused-ring (bicyclic) bond motifs is 6. The molecule has 2 aliphatic heterocycles. The first-order chi connectivity index (χ1) is 16.8. The normalized spacial score (nSPS) is 45.1. The molecule has 0 aromatic heterocycles. The topological polar surface area (TPSA) is 29.5 Å². The number of carbonyl (C=O) groups is 1. The van der Waals surface area contributed by atoms with E-state index in [0.717, 1.165) is 55.9 Å². The van der Waals surface area contributed by atoms with Crippen molar-refractivity contribution >= 4 is 17.4 Å². The van der Waals surface area contributed by atoms with Gasteiger partial charge in [0.05, 0.1) is 11.7 Å². The van der Waals surface area contributed by atoms with E-state index in [1.807, 2.05) is 19.9 Å². The Labute approximate surface area is 219 Å². The van der Waals surface area contributed by atoms with E-state index in [-0.39, 0.29) is 11.0 Å². The minimum Gasteiger partial charge on any atom is -0.370 e. The van der Waals surface area contributed by atoms with Crippen LogP contribution in [0.25, 0.3) is 0 Å². The number of rotatable bonds is 2. The molecule has 2 heterocycles. The van der Waals surface area contributed by atoms with Gasteiger partial charge in [-0.1, -0.05) is 44.4 Å². The molecular weight excluding hydrogens is 454 g/mol. The van der Waals surface area contributed by atoms with E-state index in [1.165, 1.54) is 50.6 Å². The largest absolute Gasteiger partial charge is 0.370 e. The summed E-state index contributed by atoms with van der Waals surface area (Å²) in [6.45, 7) is 13.5. The summed E-state index contributed by atoms with van der Waals surface area (Å²) in [5.74, 6) is 4.07. The maximum atomic E-state index is 12.1. The molecule has 4 aliphatic carbocycles. The molecule has 3 nitrogen and oxygen atoms in total. The highest BCUT2D eigenvalue weighted by atomic mass is 35.5. The van der Waals surface area contributed by atoms with Crippen molar-refractivity contribution in [2.45, 2.75) is 117 Å². The van der Waals surface area contributed by atoms with Crippen LogP contribution in [0.5, 0.6) is 0 Å². The number of likely N-dealkylation sites (tertiary alicyclic amines) is 1. The van der Waals surface area contributed by atoms with Gasteiger partial charge < -0.3 is 4.74 Å². The van der Waals surface area contributed by atoms with Gasteiger partial charge in [0, 0.05) is 31.4 Å². The predicted molar refractivity (Wildman–Crippen MR) is 145 cm³/mol. The maximum absolute atomic E-state index is 12.1. The van der Waals surface area contributed by atoms with Crippen LogP contribution in [-0.2, 0) is 9.53 Å². The van der Waals surface area contributed by atoms with E-state index in [0.29, 0.717) is 23.8 Å². The van der Waals surface area contributed by atoms with Crippen LogP contribution in [0.2, 0.25) is 0 Å². The van der Waals surface area contributed by atoms with Crippen LogP contribution in [0.3, 0.4) is 0 Å². The van der Waals surface area contributed by atoms with Gasteiger partial charge >= 0.3 is 0 Å². The van der Waals surface area contributed by atoms with E-state index < -0.39 is 0 Å². The number of hydrogen-bond acceptors (Lipinski definition) is 3. The first kappa shape index (κ1) is 26.0. The Morgan fingerprint density at radius 3 is 2.77 bits per heavy atom. The molecule has 1 spiro atoms. The predicted octanol–water partition coefficient (Wildman–Crippen LogP) is 7.33. The van der Waals surface area contributed by atoms with Crippen LogP contribution in [0.15, 0.2) is 22.8 Å². The molecule has 6 rings (SSSR count). The van der Waals surface area contributed by atoms with Crippen molar-refractivity contribution in [3.63, 3.8) is 0 Å². The van der Waals surface area contributed by atoms with Gasteiger partial charge in [0.15, 0.2) is 5.78 Å². The highest BCUT2D eigenvalue weighted by molar-refractivity contribution is 6.18. The average molecular weight is 502 g/mol. The number of nitrogens with zero attached hydrogens (tertiary/aromatic N) is 1. The van der Waals surface area contributed by atoms with Gasteiger partial charge in [0.1, 0.15) is 0 Å². The molecule has 0 radical (unpaired) electrons. The van der Waals surface area contributed by atoms with E-state index >= 15 is 0 Å². The Bertz CT molecular complexity index is 894. The summed E-state index contributed by atoms with van der Waals surface area (Å²) in [4.78, 5) is 14.8. The molecule has 0 N–H and O–H groups in total. The molecule has 6 aliphatic rings. The molecular formula is C31H48ClNO2. The molecule has 196 valence electrons. The number of alkyl halides is 1. The molecule has 0 aromatic carbocycles. The van der Waals surface area contributed by atoms with Crippen LogP contribution in [0, 0.1) is 29.1 Å². The van der Waals surface area contributed by atoms with Crippen molar-refractivity contribution in [2.24, 2.45) is 29.1 Å². The zero-order valence-electron chi connectivity index (χ0n) is 22.9. The second-order valence-corrected chi connectivity index (χ2v) is 13.2. The van der Waals surface area contributed by atoms with Crippen LogP contribution in [0.4, 0.5) is 0 Å². The lowest BCUT2D eigenvalue weighted by Crippen LogP contribution is -2.49. The van der Waals surface area contributed by atoms with E-state index in [9.17, 15) is 4.79 Å². The molecule has 8 atom stereocenters. The third-order valence-electron chi connectivity index (χ3n) is 10.9. The number of ketones is 1. The SMILES string of the molecule is CC.CC1=C2CC3C(CCC4=CC(=O)CCC43C)C2CCC2(C1)CC1C(CC(C)CN1CCCl)O2. The maximum Gasteiger partial charge on any atom is 0.155 e. The molecule has 4 fully saturated rings. The smallest absolute Gasteiger partial charge is 0.155 e. The average Bonchev–Trinajstić information content (AvgIpc) is 3.35. The molecule has 2 saturated heterocycles. The van der Waals surface area contributed by atoms with Gasteiger partial charge in [-0.2, -0.15) is 0 Å². The summed E-state index contributed by atoms with van der Waals surface area (Å²) in [5.41, 5.74) is 5.20. The van der Waals surface area contributed by atoms with Gasteiger partial charge in [-0.05, 0) is 99.9 Å². The number of piperidine rings is 1. The monoisotopic (exact) mass is 501 g/mol. The zero-order valence-corrected chi connectivity index (χ0v) is 23.6. The standard InChI is InChI=1S/C29H42ClNO2.C2H6/c1-18-12-27-26(31(17-18)11-10-30)16-29(33-27)9-7-22-23-5-4-20-13-21(32)6-8-28(20,3)25(23)14-24(22)19(2)15-29;1-2/h13,18,22-23,25-27H,4-12,14-17H2,1-3H3;1-2H3. The van der Waals surface area contributed by atoms with Crippen molar-refractivity contribution in [2.75, 3.05) is 19.0 Å². The lowest BCUT2D eigenvalue weighted by molar-refractivity contribution is -0.116. The number of allylic oxidation sites excluding steroid dienone is 3. The van der Waals surface area contributed by atoms with Crippen molar-refractivity contribution in [1.82, 2.24) is 4.90 Å². The molecule has 0 aromatic rings. The zero-order chi connectivity index (χ0) is 25.0. The summed E-state index contributed by atoms with van der Waals surface area (Å²) < 4.78 is 7.04. The van der Waals surface area contributed by atoms with Gasteiger partial charge in [-0.25, -0.2) is 0 Å². The van der Waals surface area contributed by atoms with Gasteiger partial charge in [0.25, 0.3) is 0 Å². The second-order valence-electron chi connectivity index (χ2n) is 12.8. The third-order valence-corrected chi connectivity index (χ3v) is 11.1. The highest BCUT2D eigenvalue weighted by Gasteiger charge is 2.56. The van der Waals surface area contributed by atoms with Crippen molar-refractivity contribution in [3.8, 4) is 0 Å². The van der Waals surface area contributed by atoms with Gasteiger partial charge in [-0.3, -0.25) is 9.69 Å². The Morgan fingerprint density at radius 1 is 1.20 bits per heavy atom. The molecule has 0 bridgehead atoms. The van der Waals surface area contributed by atoms with Crippen molar-refractivity contribution in [3.05, 3.63) is 22.8 Å². The summed E-state index contributed by atoms with van der Waals surface area (Å²) in [6.07, 6.45) is 14.0. The van der Waals surface area contributed by atoms with Crippen LogP contribution >= 0.6 is 11.6 Å². The minimum atomic E-state index is 0.0434. The minimum absolute atomic E-state index is 0.0434. The first-order valence-corrected chi connectivity index (χ1v) is 15.3. The fourth-order valence-electron chi connectivity index (χ4n) is 9.42. The van der Waals surface area contributed by atoms with Crippen LogP contribution in [-0.4, -0.2) is 47.4 Å². The Morgan fingerprint density at radius 2 is 2.00 bits per heavy atom. The third kappa shape index (κ3) is 4.40. The molecule has 35 heavy (non-hydrogen) atoms. The van der Waals surface area contributed by atoms with E-state index in [4.69, 9.17) is 16.3 Å². The number of carbonyl (C=O) groups excluding carboxylic acids is 1. The molecule has 8 unspecified atom stereocenters. The van der Waals surface area contributed by atoms with Crippen molar-refractivity contribution < 1.29 is 9.53 Å². The van der Waals surface area contributed by atoms with Crippen molar-refractivity contribution in [1.29, 1.82) is 0 Å². The summed E-state index contributed by atoms with van der Waals surface area (Å²) in [5, 5.41) is 0. The van der Waals surface area contributed by atoms with Crippen LogP contribution in [0.1, 0.15) is 98.8 Å². The number of halogens is 1. The first-order valence-electron chi connectivity index (χ1n) is 14.7. The van der Waals surface area contributed by atoms with Gasteiger partial charge in [-0.15, -0.1) is 11.6 Å². The van der Waals surface area contributed by atoms with E-state index in [1.54, 1.807) is 11.1 Å². The van der Waals surface area contributed by atoms with Crippen LogP contribution < -0.4 is 0 Å². The van der Waals surface area contributed by atoms with E-state index in [2.05, 4.69) is 25.7 Å². The number of hydrogen-bond donors (Lipinski definition) is 0. The quantitative estimate of drug-likeness (QED) is 0.293. The highest BCUT2D eigenvalue weighted by Crippen LogP contribution is 2.63. The fourth-order valence-corrected chi connectivity index (χ4v) is 9.63. The fraction of sp³-hybridized carbons (Fsp3) is 0.839. The summed E-state index contributed by atoms with van der Waals surface area (Å²) >= 11 is 6.18. The molecule has 2 saturated carbocycles. The lowest BCUT2D eigenvalue weighted by atomic mass is 9.56. The Kier molecular flexibility index (Phi) is 7.36. The lowest BCUT2D eigenvalue weighted by Gasteiger charge is -2.48. The molecule has 0 amide bonds. The summed E-state index contributed by atoms with van der Waals surface area (Å²) in [7, 11) is 0. The Balaban J connectivity index is 0.00000124. The van der Waals surface area contributed by atoms with Gasteiger partial charge in [0.2, 0.25) is 0 Å². The summed E-state index contributed by atoms with van der Waals surface area (Å²) in [6, 6.07) is 0.560. The molecule has 4 heteroatoms.